The first-order valence-electron chi connectivity index (χ1n) is 7.05. The lowest BCUT2D eigenvalue weighted by Crippen LogP contribution is -2.33. The van der Waals surface area contributed by atoms with Crippen LogP contribution in [-0.4, -0.2) is 23.2 Å². The number of methoxy groups -OCH3 is 1. The highest BCUT2D eigenvalue weighted by Crippen LogP contribution is 2.27. The zero-order chi connectivity index (χ0) is 17.1. The molecule has 0 saturated carbocycles. The maximum Gasteiger partial charge on any atom is 0.293 e. The van der Waals surface area contributed by atoms with Crippen LogP contribution in [0.1, 0.15) is 10.6 Å². The summed E-state index contributed by atoms with van der Waals surface area (Å²) in [5.41, 5.74) is 0.941. The molecule has 0 aliphatic rings. The van der Waals surface area contributed by atoms with Crippen LogP contribution in [0.2, 0.25) is 0 Å². The Balaban J connectivity index is 1.71. The van der Waals surface area contributed by atoms with Gasteiger partial charge in [0.15, 0.2) is 10.9 Å². The van der Waals surface area contributed by atoms with E-state index in [-0.39, 0.29) is 16.6 Å². The van der Waals surface area contributed by atoms with E-state index < -0.39 is 5.91 Å². The van der Waals surface area contributed by atoms with Crippen molar-refractivity contribution in [3.8, 4) is 11.5 Å². The lowest BCUT2D eigenvalue weighted by molar-refractivity contribution is 0.0953. The summed E-state index contributed by atoms with van der Waals surface area (Å²) in [6.07, 6.45) is 0. The number of rotatable bonds is 3. The van der Waals surface area contributed by atoms with E-state index in [0.717, 1.165) is 5.39 Å². The van der Waals surface area contributed by atoms with Gasteiger partial charge in [0, 0.05) is 11.5 Å². The third-order valence-corrected chi connectivity index (χ3v) is 3.53. The molecule has 3 rings (SSSR count). The number of para-hydroxylation sites is 1. The minimum atomic E-state index is -0.480. The predicted octanol–water partition coefficient (Wildman–Crippen LogP) is 3.27. The SMILES string of the molecule is COc1ccc(O)c(NC(=S)NC(=O)c2cc3ccccc3o2)c1. The average Bonchev–Trinajstić information content (AvgIpc) is 3.01. The highest BCUT2D eigenvalue weighted by Gasteiger charge is 2.14. The summed E-state index contributed by atoms with van der Waals surface area (Å²) in [5.74, 6) is 0.194. The molecule has 0 saturated heterocycles. The average molecular weight is 342 g/mol. The Hall–Kier alpha value is -3.06. The molecule has 3 aromatic rings. The number of nitrogens with one attached hydrogen (secondary N) is 2. The normalized spacial score (nSPS) is 10.4. The lowest BCUT2D eigenvalue weighted by atomic mass is 10.2. The number of hydrogen-bond donors (Lipinski definition) is 3. The van der Waals surface area contributed by atoms with E-state index in [0.29, 0.717) is 17.0 Å². The molecule has 0 aliphatic heterocycles. The first-order chi connectivity index (χ1) is 11.6. The van der Waals surface area contributed by atoms with Gasteiger partial charge in [0.05, 0.1) is 12.8 Å². The summed E-state index contributed by atoms with van der Waals surface area (Å²) in [4.78, 5) is 12.2. The highest BCUT2D eigenvalue weighted by atomic mass is 32.1. The van der Waals surface area contributed by atoms with Crippen molar-refractivity contribution in [2.45, 2.75) is 0 Å². The Morgan fingerprint density at radius 2 is 2.00 bits per heavy atom. The van der Waals surface area contributed by atoms with Gasteiger partial charge in [-0.1, -0.05) is 18.2 Å². The second-order valence-corrected chi connectivity index (χ2v) is 5.35. The number of ether oxygens (including phenoxy) is 1. The third-order valence-electron chi connectivity index (χ3n) is 3.33. The number of fused-ring (bicyclic) bond motifs is 1. The van der Waals surface area contributed by atoms with Crippen LogP contribution in [0.3, 0.4) is 0 Å². The van der Waals surface area contributed by atoms with Crippen molar-refractivity contribution < 1.29 is 19.1 Å². The first kappa shape index (κ1) is 15.8. The molecule has 0 spiro atoms. The molecular formula is C17H14N2O4S. The molecule has 0 aliphatic carbocycles. The Morgan fingerprint density at radius 1 is 1.21 bits per heavy atom. The summed E-state index contributed by atoms with van der Waals surface area (Å²) in [7, 11) is 1.51. The molecule has 0 atom stereocenters. The predicted molar refractivity (Wildman–Crippen MR) is 94.6 cm³/mol. The number of furan rings is 1. The molecule has 0 fully saturated rings. The fraction of sp³-hybridized carbons (Fsp3) is 0.0588. The topological polar surface area (TPSA) is 83.7 Å². The van der Waals surface area contributed by atoms with Gasteiger partial charge in [-0.25, -0.2) is 0 Å². The van der Waals surface area contributed by atoms with Crippen molar-refractivity contribution in [3.63, 3.8) is 0 Å². The van der Waals surface area contributed by atoms with Crippen LogP contribution in [0.25, 0.3) is 11.0 Å². The second kappa shape index (κ2) is 6.59. The standard InChI is InChI=1S/C17H14N2O4S/c1-22-11-6-7-13(20)12(9-11)18-17(24)19-16(21)15-8-10-4-2-3-5-14(10)23-15/h2-9,20H,1H3,(H2,18,19,21,24). The summed E-state index contributed by atoms with van der Waals surface area (Å²) in [6.45, 7) is 0. The van der Waals surface area contributed by atoms with Crippen LogP contribution < -0.4 is 15.4 Å². The molecular weight excluding hydrogens is 328 g/mol. The zero-order valence-corrected chi connectivity index (χ0v) is 13.5. The van der Waals surface area contributed by atoms with Gasteiger partial charge in [-0.15, -0.1) is 0 Å². The Morgan fingerprint density at radius 3 is 2.75 bits per heavy atom. The van der Waals surface area contributed by atoms with Crippen LogP contribution in [0, 0.1) is 0 Å². The van der Waals surface area contributed by atoms with Gasteiger partial charge in [0.25, 0.3) is 5.91 Å². The van der Waals surface area contributed by atoms with Gasteiger partial charge >= 0.3 is 0 Å². The van der Waals surface area contributed by atoms with Crippen molar-refractivity contribution >= 4 is 39.9 Å². The van der Waals surface area contributed by atoms with Crippen molar-refractivity contribution in [1.29, 1.82) is 0 Å². The van der Waals surface area contributed by atoms with Gasteiger partial charge in [-0.3, -0.25) is 10.1 Å². The number of thiocarbonyl (C=S) groups is 1. The Labute approximate surface area is 143 Å². The maximum absolute atomic E-state index is 12.2. The maximum atomic E-state index is 12.2. The quantitative estimate of drug-likeness (QED) is 0.500. The van der Waals surface area contributed by atoms with E-state index in [1.807, 2.05) is 18.2 Å². The summed E-state index contributed by atoms with van der Waals surface area (Å²) >= 11 is 5.10. The van der Waals surface area contributed by atoms with Crippen molar-refractivity contribution in [2.75, 3.05) is 12.4 Å². The van der Waals surface area contributed by atoms with E-state index in [1.54, 1.807) is 24.3 Å². The number of benzene rings is 2. The first-order valence-corrected chi connectivity index (χ1v) is 7.45. The number of anilines is 1. The van der Waals surface area contributed by atoms with Crippen molar-refractivity contribution in [1.82, 2.24) is 5.32 Å². The number of carbonyl (C=O) groups excluding carboxylic acids is 1. The summed E-state index contributed by atoms with van der Waals surface area (Å²) < 4.78 is 10.6. The van der Waals surface area contributed by atoms with Crippen LogP contribution in [-0.2, 0) is 0 Å². The number of phenolic OH excluding ortho intramolecular Hbond substituents is 1. The fourth-order valence-electron chi connectivity index (χ4n) is 2.15. The molecule has 1 aromatic heterocycles. The summed E-state index contributed by atoms with van der Waals surface area (Å²) in [5, 5.41) is 15.9. The van der Waals surface area contributed by atoms with E-state index in [1.165, 1.54) is 13.2 Å². The molecule has 0 unspecified atom stereocenters. The van der Waals surface area contributed by atoms with Crippen molar-refractivity contribution in [3.05, 3.63) is 54.3 Å². The third kappa shape index (κ3) is 3.31. The van der Waals surface area contributed by atoms with E-state index >= 15 is 0 Å². The van der Waals surface area contributed by atoms with E-state index in [4.69, 9.17) is 21.4 Å². The summed E-state index contributed by atoms with van der Waals surface area (Å²) in [6, 6.07) is 13.6. The van der Waals surface area contributed by atoms with Gasteiger partial charge in [-0.05, 0) is 36.5 Å². The van der Waals surface area contributed by atoms with Gasteiger partial charge < -0.3 is 19.6 Å². The largest absolute Gasteiger partial charge is 0.506 e. The molecule has 0 bridgehead atoms. The zero-order valence-electron chi connectivity index (χ0n) is 12.7. The molecule has 122 valence electrons. The number of phenols is 1. The molecule has 3 N–H and O–H groups in total. The highest BCUT2D eigenvalue weighted by molar-refractivity contribution is 7.80. The second-order valence-electron chi connectivity index (χ2n) is 4.94. The molecule has 1 heterocycles. The van der Waals surface area contributed by atoms with Gasteiger partial charge in [0.2, 0.25) is 0 Å². The van der Waals surface area contributed by atoms with E-state index in [2.05, 4.69) is 10.6 Å². The minimum Gasteiger partial charge on any atom is -0.506 e. The molecule has 6 nitrogen and oxygen atoms in total. The fourth-order valence-corrected chi connectivity index (χ4v) is 2.36. The molecule has 24 heavy (non-hydrogen) atoms. The monoisotopic (exact) mass is 342 g/mol. The van der Waals surface area contributed by atoms with Crippen LogP contribution >= 0.6 is 12.2 Å². The number of hydrogen-bond acceptors (Lipinski definition) is 5. The van der Waals surface area contributed by atoms with Gasteiger partial charge in [0.1, 0.15) is 17.1 Å². The molecule has 0 radical (unpaired) electrons. The minimum absolute atomic E-state index is 0.0175. The Kier molecular flexibility index (Phi) is 4.35. The molecule has 7 heteroatoms. The molecule has 2 aromatic carbocycles. The van der Waals surface area contributed by atoms with Crippen LogP contribution in [0.5, 0.6) is 11.5 Å². The smallest absolute Gasteiger partial charge is 0.293 e. The lowest BCUT2D eigenvalue weighted by Gasteiger charge is -2.11. The molecule has 1 amide bonds. The number of carbonyl (C=O) groups is 1. The van der Waals surface area contributed by atoms with E-state index in [9.17, 15) is 9.90 Å². The van der Waals surface area contributed by atoms with Crippen LogP contribution in [0.4, 0.5) is 5.69 Å². The number of amides is 1. The van der Waals surface area contributed by atoms with Crippen molar-refractivity contribution in [2.24, 2.45) is 0 Å². The van der Waals surface area contributed by atoms with Crippen LogP contribution in [0.15, 0.2) is 52.9 Å². The van der Waals surface area contributed by atoms with Gasteiger partial charge in [-0.2, -0.15) is 0 Å². The Bertz CT molecular complexity index is 887. The number of aromatic hydroxyl groups is 1.